The second-order valence-corrected chi connectivity index (χ2v) is 13.1. The van der Waals surface area contributed by atoms with E-state index in [1.54, 1.807) is 0 Å². The quantitative estimate of drug-likeness (QED) is 0.193. The monoisotopic (exact) mass is 603 g/mol. The van der Waals surface area contributed by atoms with Gasteiger partial charge in [0.25, 0.3) is 0 Å². The van der Waals surface area contributed by atoms with Gasteiger partial charge in [0.15, 0.2) is 0 Å². The van der Waals surface area contributed by atoms with E-state index < -0.39 is 5.97 Å². The predicted molar refractivity (Wildman–Crippen MR) is 184 cm³/mol. The summed E-state index contributed by atoms with van der Waals surface area (Å²) < 4.78 is 6.05. The first kappa shape index (κ1) is 28.0. The highest BCUT2D eigenvalue weighted by Gasteiger charge is 2.36. The van der Waals surface area contributed by atoms with Crippen molar-refractivity contribution in [3.05, 3.63) is 123 Å². The summed E-state index contributed by atoms with van der Waals surface area (Å²) in [5.41, 5.74) is 13.7. The second kappa shape index (κ2) is 10.2. The fourth-order valence-corrected chi connectivity index (χ4v) is 6.91. The topological polar surface area (TPSA) is 96.0 Å². The van der Waals surface area contributed by atoms with Crippen molar-refractivity contribution in [2.45, 2.75) is 46.5 Å². The lowest BCUT2D eigenvalue weighted by Gasteiger charge is -2.17. The Bertz CT molecular complexity index is 2310. The molecule has 8 bridgehead atoms. The first-order valence-electron chi connectivity index (χ1n) is 15.5. The van der Waals surface area contributed by atoms with Crippen LogP contribution < -0.4 is 0 Å². The lowest BCUT2D eigenvalue weighted by Crippen LogP contribution is -2.22. The normalized spacial score (nSPS) is 15.8. The van der Waals surface area contributed by atoms with Gasteiger partial charge in [0, 0.05) is 39.6 Å². The Morgan fingerprint density at radius 2 is 1.54 bits per heavy atom. The summed E-state index contributed by atoms with van der Waals surface area (Å²) in [6.45, 7) is 10.7. The van der Waals surface area contributed by atoms with Gasteiger partial charge < -0.3 is 14.7 Å². The van der Waals surface area contributed by atoms with Gasteiger partial charge in [0.05, 0.1) is 33.8 Å². The number of fused-ring (bicyclic) bond motifs is 8. The predicted octanol–water partition coefficient (Wildman–Crippen LogP) is 8.85. The maximum Gasteiger partial charge on any atom is 0.348 e. The molecule has 3 aliphatic rings. The Kier molecular flexibility index (Phi) is 6.22. The molecule has 0 aliphatic carbocycles. The summed E-state index contributed by atoms with van der Waals surface area (Å²) >= 11 is 0. The molecule has 3 aromatic heterocycles. The smallest absolute Gasteiger partial charge is 0.348 e. The van der Waals surface area contributed by atoms with Gasteiger partial charge in [-0.15, -0.1) is 0 Å². The Morgan fingerprint density at radius 3 is 2.30 bits per heavy atom. The van der Waals surface area contributed by atoms with Crippen molar-refractivity contribution in [2.75, 3.05) is 0 Å². The van der Waals surface area contributed by atoms with Crippen LogP contribution in [0.2, 0.25) is 0 Å². The molecule has 5 aromatic rings. The molecule has 8 rings (SSSR count). The van der Waals surface area contributed by atoms with Crippen LogP contribution in [0.3, 0.4) is 0 Å². The minimum Gasteiger partial charge on any atom is -0.403 e. The van der Waals surface area contributed by atoms with Crippen molar-refractivity contribution in [1.29, 1.82) is 0 Å². The SMILES string of the molecule is Cc1cc(C)c(-c2c3nc(cc4ccc(cc5nc(c6c7[nH]c2cc7C(=Nc2ccccc2)OC6=O)CC5(C)C)[nH]4)C=C3)c(C)c1. The molecule has 2 aromatic carbocycles. The summed E-state index contributed by atoms with van der Waals surface area (Å²) in [6, 6.07) is 24.2. The molecule has 0 amide bonds. The fraction of sp³-hybridized carbons (Fsp3) is 0.179. The van der Waals surface area contributed by atoms with E-state index in [1.807, 2.05) is 54.6 Å². The molecule has 0 radical (unpaired) electrons. The maximum absolute atomic E-state index is 14.0. The van der Waals surface area contributed by atoms with E-state index in [0.29, 0.717) is 34.4 Å². The third-order valence-corrected chi connectivity index (χ3v) is 8.97. The first-order valence-corrected chi connectivity index (χ1v) is 15.5. The molecule has 0 atom stereocenters. The highest BCUT2D eigenvalue weighted by atomic mass is 16.5. The van der Waals surface area contributed by atoms with Gasteiger partial charge in [-0.1, -0.05) is 49.7 Å². The number of hydrogen-bond acceptors (Lipinski definition) is 5. The van der Waals surface area contributed by atoms with E-state index >= 15 is 0 Å². The number of rotatable bonds is 2. The van der Waals surface area contributed by atoms with Crippen LogP contribution in [0.4, 0.5) is 5.69 Å². The molecule has 0 spiro atoms. The van der Waals surface area contributed by atoms with E-state index in [4.69, 9.17) is 19.7 Å². The molecule has 6 heterocycles. The van der Waals surface area contributed by atoms with Crippen LogP contribution in [0.25, 0.3) is 45.3 Å². The lowest BCUT2D eigenvalue weighted by molar-refractivity contribution is 0.0714. The van der Waals surface area contributed by atoms with Gasteiger partial charge in [0.2, 0.25) is 5.90 Å². The lowest BCUT2D eigenvalue weighted by atomic mass is 9.86. The third kappa shape index (κ3) is 4.67. The van der Waals surface area contributed by atoms with Crippen LogP contribution in [0.5, 0.6) is 0 Å². The van der Waals surface area contributed by atoms with Crippen LogP contribution in [0.15, 0.2) is 77.8 Å². The van der Waals surface area contributed by atoms with Crippen LogP contribution >= 0.6 is 0 Å². The first-order chi connectivity index (χ1) is 22.1. The van der Waals surface area contributed by atoms with E-state index in [1.165, 1.54) is 5.56 Å². The standard InChI is InChI=1S/C39H33N5O2/c1-21-15-22(2)33(23(3)16-21)34-29-14-13-26(41-29)17-25-11-12-27(40-25)18-32-39(4,5)20-31(43-32)35-36-28(19-30(34)44-36)37(46-38(35)45)42-24-9-7-6-8-10-24/h6-19,40,44H,20H2,1-5H3. The third-order valence-electron chi connectivity index (χ3n) is 8.97. The Morgan fingerprint density at radius 1 is 0.804 bits per heavy atom. The highest BCUT2D eigenvalue weighted by Crippen LogP contribution is 2.39. The Hall–Kier alpha value is -5.56. The van der Waals surface area contributed by atoms with Gasteiger partial charge in [-0.2, -0.15) is 0 Å². The van der Waals surface area contributed by atoms with Gasteiger partial charge >= 0.3 is 5.97 Å². The van der Waals surface area contributed by atoms with Gasteiger partial charge in [-0.25, -0.2) is 14.8 Å². The molecule has 46 heavy (non-hydrogen) atoms. The average Bonchev–Trinajstić information content (AvgIpc) is 3.79. The van der Waals surface area contributed by atoms with E-state index in [-0.39, 0.29) is 11.3 Å². The van der Waals surface area contributed by atoms with Crippen LogP contribution in [0, 0.1) is 20.8 Å². The average molecular weight is 604 g/mol. The molecule has 0 fully saturated rings. The zero-order valence-corrected chi connectivity index (χ0v) is 26.4. The number of ether oxygens (including phenoxy) is 1. The summed E-state index contributed by atoms with van der Waals surface area (Å²) in [4.78, 5) is 36.1. The van der Waals surface area contributed by atoms with Crippen LogP contribution in [0.1, 0.15) is 69.2 Å². The molecular weight excluding hydrogens is 570 g/mol. The number of hydrogen-bond donors (Lipinski definition) is 2. The minimum absolute atomic E-state index is 0.253. The number of nitrogens with one attached hydrogen (secondary N) is 2. The van der Waals surface area contributed by atoms with Gasteiger partial charge in [-0.3, -0.25) is 4.98 Å². The molecule has 0 saturated heterocycles. The zero-order chi connectivity index (χ0) is 31.7. The molecule has 226 valence electrons. The minimum atomic E-state index is -0.470. The largest absolute Gasteiger partial charge is 0.403 e. The van der Waals surface area contributed by atoms with Gasteiger partial charge in [0.1, 0.15) is 5.56 Å². The molecule has 2 N–H and O–H groups in total. The van der Waals surface area contributed by atoms with Crippen molar-refractivity contribution in [2.24, 2.45) is 4.99 Å². The Labute approximate surface area is 266 Å². The van der Waals surface area contributed by atoms with Crippen molar-refractivity contribution in [3.63, 3.8) is 0 Å². The summed E-state index contributed by atoms with van der Waals surface area (Å²) in [5.74, 6) is -0.217. The molecular formula is C39H33N5O2. The number of aromatic amines is 2. The highest BCUT2D eigenvalue weighted by molar-refractivity contribution is 6.19. The number of nitrogens with zero attached hydrogens (tertiary/aromatic N) is 3. The molecule has 7 heteroatoms. The molecule has 3 aliphatic heterocycles. The number of benzene rings is 2. The number of carbonyl (C=O) groups excluding carboxylic acids is 1. The number of cyclic esters (lactones) is 1. The number of esters is 1. The van der Waals surface area contributed by atoms with Gasteiger partial charge in [-0.05, 0) is 92.1 Å². The van der Waals surface area contributed by atoms with E-state index in [2.05, 4.69) is 74.9 Å². The van der Waals surface area contributed by atoms with E-state index in [9.17, 15) is 4.79 Å². The molecule has 0 unspecified atom stereocenters. The number of aliphatic imine (C=N–C) groups is 1. The van der Waals surface area contributed by atoms with Crippen molar-refractivity contribution in [3.8, 4) is 11.1 Å². The van der Waals surface area contributed by atoms with Crippen molar-refractivity contribution >= 4 is 51.8 Å². The number of para-hydroxylation sites is 1. The van der Waals surface area contributed by atoms with Crippen molar-refractivity contribution < 1.29 is 9.53 Å². The summed E-state index contributed by atoms with van der Waals surface area (Å²) in [6.07, 6.45) is 4.68. The second-order valence-electron chi connectivity index (χ2n) is 13.1. The molecule has 0 saturated carbocycles. The number of H-pyrrole nitrogens is 2. The van der Waals surface area contributed by atoms with Crippen LogP contribution in [-0.2, 0) is 16.6 Å². The van der Waals surface area contributed by atoms with E-state index in [0.717, 1.165) is 55.9 Å². The molecule has 7 nitrogen and oxygen atoms in total. The fourth-order valence-electron chi connectivity index (χ4n) is 6.91. The number of carbonyl (C=O) groups is 1. The number of aryl methyl sites for hydroxylation is 3. The maximum atomic E-state index is 14.0. The number of aromatic nitrogens is 4. The summed E-state index contributed by atoms with van der Waals surface area (Å²) in [7, 11) is 0. The summed E-state index contributed by atoms with van der Waals surface area (Å²) in [5, 5.41) is 0. The van der Waals surface area contributed by atoms with Crippen molar-refractivity contribution in [1.82, 2.24) is 19.9 Å². The zero-order valence-electron chi connectivity index (χ0n) is 26.4. The Balaban J connectivity index is 1.56. The van der Waals surface area contributed by atoms with Crippen LogP contribution in [-0.4, -0.2) is 31.8 Å².